The van der Waals surface area contributed by atoms with Crippen molar-refractivity contribution < 1.29 is 9.90 Å². The van der Waals surface area contributed by atoms with Crippen LogP contribution in [-0.4, -0.2) is 26.8 Å². The maximum Gasteiger partial charge on any atom is 0.335 e. The number of carboxylic acid groups (broad SMARTS) is 1. The van der Waals surface area contributed by atoms with E-state index in [1.54, 1.807) is 18.2 Å². The highest BCUT2D eigenvalue weighted by Crippen LogP contribution is 2.52. The number of nitrogens with zero attached hydrogens (tertiary/aromatic N) is 1. The Morgan fingerprint density at radius 2 is 1.73 bits per heavy atom. The van der Waals surface area contributed by atoms with E-state index in [1.165, 1.54) is 36.2 Å². The predicted octanol–water partition coefficient (Wildman–Crippen LogP) is 6.71. The lowest BCUT2D eigenvalue weighted by Crippen LogP contribution is -2.26. The highest BCUT2D eigenvalue weighted by molar-refractivity contribution is 7.84. The molecule has 0 spiro atoms. The first kappa shape index (κ1) is 20.5. The van der Waals surface area contributed by atoms with Crippen LogP contribution in [0.15, 0.2) is 72.3 Å². The van der Waals surface area contributed by atoms with Gasteiger partial charge < -0.3 is 10.0 Å². The number of hydrogen-bond donors (Lipinski definition) is 1. The molecule has 2 aliphatic carbocycles. The van der Waals surface area contributed by atoms with Gasteiger partial charge in [0.15, 0.2) is 0 Å². The van der Waals surface area contributed by atoms with Gasteiger partial charge in [-0.25, -0.2) is 4.79 Å². The molecule has 6 rings (SSSR count). The summed E-state index contributed by atoms with van der Waals surface area (Å²) in [6, 6.07) is 22.8. The van der Waals surface area contributed by atoms with Gasteiger partial charge in [0.05, 0.1) is 15.3 Å². The van der Waals surface area contributed by atoms with Crippen molar-refractivity contribution in [2.24, 2.45) is 0 Å². The lowest BCUT2D eigenvalue weighted by atomic mass is 9.95. The standard InChI is InChI=1S/C28H21NO2S2/c30-28(31)17-10-11-20-22(15-17)27(33)23(26(20)32)14-16-9-12-25-21(13-16)19-7-4-8-24(19)29(25)18-5-2-1-3-6-18/h1-3,5-6,9-15,19,24H,4,7-8H2,(H,30,31). The Balaban J connectivity index is 1.40. The lowest BCUT2D eigenvalue weighted by Gasteiger charge is -2.27. The zero-order valence-electron chi connectivity index (χ0n) is 17.8. The molecule has 0 bridgehead atoms. The SMILES string of the molecule is O=C(O)c1ccc2c(c1)C(=S)C(=Cc1ccc3c(c1)C1CCCC1N3c1ccccc1)C2=S. The largest absolute Gasteiger partial charge is 0.478 e. The molecule has 1 saturated carbocycles. The topological polar surface area (TPSA) is 40.5 Å². The lowest BCUT2D eigenvalue weighted by molar-refractivity contribution is 0.0697. The minimum Gasteiger partial charge on any atom is -0.478 e. The molecule has 3 nitrogen and oxygen atoms in total. The van der Waals surface area contributed by atoms with Crippen LogP contribution in [0.5, 0.6) is 0 Å². The summed E-state index contributed by atoms with van der Waals surface area (Å²) in [6.45, 7) is 0. The third-order valence-corrected chi connectivity index (χ3v) is 7.99. The number of aromatic carboxylic acids is 1. The van der Waals surface area contributed by atoms with Crippen molar-refractivity contribution in [1.29, 1.82) is 0 Å². The number of carbonyl (C=O) groups is 1. The highest BCUT2D eigenvalue weighted by atomic mass is 32.1. The second kappa shape index (κ2) is 7.72. The van der Waals surface area contributed by atoms with Crippen LogP contribution in [0.4, 0.5) is 11.4 Å². The van der Waals surface area contributed by atoms with Gasteiger partial charge in [0.1, 0.15) is 0 Å². The zero-order valence-corrected chi connectivity index (χ0v) is 19.5. The zero-order chi connectivity index (χ0) is 22.7. The van der Waals surface area contributed by atoms with Gasteiger partial charge in [0.25, 0.3) is 0 Å². The number of allylic oxidation sites excluding steroid dienone is 1. The van der Waals surface area contributed by atoms with E-state index < -0.39 is 5.97 Å². The van der Waals surface area contributed by atoms with Crippen LogP contribution in [0.3, 0.4) is 0 Å². The third kappa shape index (κ3) is 3.18. The second-order valence-corrected chi connectivity index (χ2v) is 9.73. The van der Waals surface area contributed by atoms with Crippen LogP contribution in [0.25, 0.3) is 6.08 Å². The van der Waals surface area contributed by atoms with Crippen LogP contribution >= 0.6 is 24.4 Å². The summed E-state index contributed by atoms with van der Waals surface area (Å²) >= 11 is 11.4. The molecule has 5 heteroatoms. The Kier molecular flexibility index (Phi) is 4.78. The fraction of sp³-hybridized carbons (Fsp3) is 0.179. The Morgan fingerprint density at radius 1 is 0.939 bits per heavy atom. The van der Waals surface area contributed by atoms with E-state index in [2.05, 4.69) is 59.5 Å². The van der Waals surface area contributed by atoms with Gasteiger partial charge in [-0.05, 0) is 66.4 Å². The van der Waals surface area contributed by atoms with Crippen molar-refractivity contribution in [1.82, 2.24) is 0 Å². The summed E-state index contributed by atoms with van der Waals surface area (Å²) in [5.41, 5.74) is 7.68. The molecule has 33 heavy (non-hydrogen) atoms. The van der Waals surface area contributed by atoms with E-state index >= 15 is 0 Å². The molecule has 1 N–H and O–H groups in total. The van der Waals surface area contributed by atoms with Crippen LogP contribution in [0, 0.1) is 0 Å². The van der Waals surface area contributed by atoms with Crippen molar-refractivity contribution in [3.8, 4) is 0 Å². The Labute approximate surface area is 203 Å². The maximum absolute atomic E-state index is 11.4. The number of para-hydroxylation sites is 1. The Morgan fingerprint density at radius 3 is 2.52 bits per heavy atom. The maximum atomic E-state index is 11.4. The molecular weight excluding hydrogens is 446 g/mol. The van der Waals surface area contributed by atoms with Crippen molar-refractivity contribution in [2.45, 2.75) is 31.2 Å². The van der Waals surface area contributed by atoms with E-state index in [0.29, 0.717) is 21.7 Å². The van der Waals surface area contributed by atoms with E-state index in [-0.39, 0.29) is 5.56 Å². The van der Waals surface area contributed by atoms with Gasteiger partial charge in [-0.1, -0.05) is 61.2 Å². The summed E-state index contributed by atoms with van der Waals surface area (Å²) in [4.78, 5) is 15.2. The van der Waals surface area contributed by atoms with E-state index in [9.17, 15) is 9.90 Å². The number of benzene rings is 3. The molecule has 0 radical (unpaired) electrons. The minimum atomic E-state index is -0.961. The first-order chi connectivity index (χ1) is 16.0. The van der Waals surface area contributed by atoms with Crippen LogP contribution in [-0.2, 0) is 0 Å². The van der Waals surface area contributed by atoms with Gasteiger partial charge >= 0.3 is 5.97 Å². The summed E-state index contributed by atoms with van der Waals surface area (Å²) in [7, 11) is 0. The number of carboxylic acids is 1. The summed E-state index contributed by atoms with van der Waals surface area (Å²) in [5, 5.41) is 9.34. The van der Waals surface area contributed by atoms with Gasteiger partial charge in [-0.3, -0.25) is 0 Å². The molecule has 2 atom stereocenters. The molecule has 3 aromatic carbocycles. The third-order valence-electron chi connectivity index (χ3n) is 7.11. The summed E-state index contributed by atoms with van der Waals surface area (Å²) < 4.78 is 0. The normalized spacial score (nSPS) is 21.9. The van der Waals surface area contributed by atoms with Crippen LogP contribution in [0.2, 0.25) is 0 Å². The van der Waals surface area contributed by atoms with Crippen molar-refractivity contribution >= 4 is 57.6 Å². The van der Waals surface area contributed by atoms with Gasteiger partial charge in [-0.15, -0.1) is 0 Å². The first-order valence-electron chi connectivity index (χ1n) is 11.2. The number of thiocarbonyl (C=S) groups is 2. The molecule has 3 aliphatic rings. The van der Waals surface area contributed by atoms with Gasteiger partial charge in [0.2, 0.25) is 0 Å². The highest BCUT2D eigenvalue weighted by Gasteiger charge is 2.42. The smallest absolute Gasteiger partial charge is 0.335 e. The van der Waals surface area contributed by atoms with Gasteiger partial charge in [0, 0.05) is 40.0 Å². The fourth-order valence-corrected chi connectivity index (χ4v) is 6.38. The molecule has 1 aliphatic heterocycles. The van der Waals surface area contributed by atoms with Crippen LogP contribution < -0.4 is 4.90 Å². The monoisotopic (exact) mass is 467 g/mol. The first-order valence-corrected chi connectivity index (χ1v) is 12.0. The molecule has 0 amide bonds. The molecule has 162 valence electrons. The van der Waals surface area contributed by atoms with Crippen molar-refractivity contribution in [2.75, 3.05) is 4.90 Å². The minimum absolute atomic E-state index is 0.228. The molecule has 0 aromatic heterocycles. The second-order valence-electron chi connectivity index (χ2n) is 8.91. The summed E-state index contributed by atoms with van der Waals surface area (Å²) in [5.74, 6) is -0.423. The number of rotatable bonds is 3. The average molecular weight is 468 g/mol. The Bertz CT molecular complexity index is 1380. The average Bonchev–Trinajstić information content (AvgIpc) is 3.48. The molecule has 1 fully saturated rings. The predicted molar refractivity (Wildman–Crippen MR) is 140 cm³/mol. The Hall–Kier alpha value is -3.15. The summed E-state index contributed by atoms with van der Waals surface area (Å²) in [6.07, 6.45) is 5.74. The van der Waals surface area contributed by atoms with Gasteiger partial charge in [-0.2, -0.15) is 0 Å². The molecule has 0 saturated heterocycles. The van der Waals surface area contributed by atoms with Crippen LogP contribution in [0.1, 0.15) is 57.8 Å². The quantitative estimate of drug-likeness (QED) is 0.343. The molecular formula is C28H21NO2S2. The number of fused-ring (bicyclic) bond motifs is 4. The van der Waals surface area contributed by atoms with Crippen molar-refractivity contribution in [3.05, 3.63) is 100 Å². The number of anilines is 2. The van der Waals surface area contributed by atoms with E-state index in [4.69, 9.17) is 24.4 Å². The number of hydrogen-bond acceptors (Lipinski definition) is 4. The van der Waals surface area contributed by atoms with Crippen molar-refractivity contribution in [3.63, 3.8) is 0 Å². The van der Waals surface area contributed by atoms with E-state index in [0.717, 1.165) is 22.3 Å². The molecule has 1 heterocycles. The fourth-order valence-electron chi connectivity index (χ4n) is 5.64. The van der Waals surface area contributed by atoms with E-state index in [1.807, 2.05) is 0 Å². The molecule has 2 unspecified atom stereocenters. The molecule has 3 aromatic rings.